The van der Waals surface area contributed by atoms with Gasteiger partial charge in [0.05, 0.1) is 25.0 Å². The largest absolute Gasteiger partial charge is 0.338 e. The van der Waals surface area contributed by atoms with Crippen LogP contribution in [0.15, 0.2) is 12.4 Å². The lowest BCUT2D eigenvalue weighted by Crippen LogP contribution is -2.39. The zero-order valence-electron chi connectivity index (χ0n) is 12.4. The molecule has 1 unspecified atom stereocenters. The summed E-state index contributed by atoms with van der Waals surface area (Å²) in [7, 11) is -3.24. The molecule has 1 fully saturated rings. The molecule has 8 heteroatoms. The second-order valence-electron chi connectivity index (χ2n) is 5.54. The Labute approximate surface area is 125 Å². The molecule has 2 rings (SSSR count). The van der Waals surface area contributed by atoms with Gasteiger partial charge in [-0.3, -0.25) is 9.48 Å². The van der Waals surface area contributed by atoms with E-state index in [-0.39, 0.29) is 24.9 Å². The van der Waals surface area contributed by atoms with Crippen molar-refractivity contribution in [1.82, 2.24) is 19.4 Å². The van der Waals surface area contributed by atoms with Crippen LogP contribution in [0.25, 0.3) is 0 Å². The van der Waals surface area contributed by atoms with Gasteiger partial charge in [0, 0.05) is 25.7 Å². The zero-order valence-corrected chi connectivity index (χ0v) is 13.3. The fraction of sp³-hybridized carbons (Fsp3) is 0.692. The van der Waals surface area contributed by atoms with Gasteiger partial charge in [-0.05, 0) is 25.3 Å². The molecule has 0 radical (unpaired) electrons. The van der Waals surface area contributed by atoms with Gasteiger partial charge in [0.25, 0.3) is 0 Å². The zero-order chi connectivity index (χ0) is 15.5. The molecule has 0 spiro atoms. The average molecular weight is 314 g/mol. The van der Waals surface area contributed by atoms with Gasteiger partial charge >= 0.3 is 0 Å². The fourth-order valence-electron chi connectivity index (χ4n) is 2.62. The van der Waals surface area contributed by atoms with Crippen molar-refractivity contribution in [3.8, 4) is 0 Å². The molecule has 0 aromatic carbocycles. The van der Waals surface area contributed by atoms with Crippen LogP contribution in [0.4, 0.5) is 0 Å². The normalized spacial score (nSPS) is 19.1. The third-order valence-electron chi connectivity index (χ3n) is 3.56. The van der Waals surface area contributed by atoms with Crippen LogP contribution in [0.3, 0.4) is 0 Å². The lowest BCUT2D eigenvalue weighted by Gasteiger charge is -2.24. The average Bonchev–Trinajstić information content (AvgIpc) is 2.97. The first-order valence-electron chi connectivity index (χ1n) is 7.08. The molecule has 0 aliphatic carbocycles. The van der Waals surface area contributed by atoms with Crippen LogP contribution < -0.4 is 4.72 Å². The molecule has 1 atom stereocenters. The first kappa shape index (κ1) is 16.0. The highest BCUT2D eigenvalue weighted by atomic mass is 32.2. The van der Waals surface area contributed by atoms with Crippen LogP contribution in [-0.2, 0) is 21.4 Å². The number of amides is 1. The molecule has 1 aliphatic heterocycles. The molecular weight excluding hydrogens is 292 g/mol. The Morgan fingerprint density at radius 1 is 1.52 bits per heavy atom. The van der Waals surface area contributed by atoms with E-state index >= 15 is 0 Å². The summed E-state index contributed by atoms with van der Waals surface area (Å²) in [4.78, 5) is 14.0. The summed E-state index contributed by atoms with van der Waals surface area (Å²) < 4.78 is 26.2. The van der Waals surface area contributed by atoms with Crippen molar-refractivity contribution in [3.05, 3.63) is 18.0 Å². The third-order valence-corrected chi connectivity index (χ3v) is 4.29. The van der Waals surface area contributed by atoms with Crippen molar-refractivity contribution in [1.29, 1.82) is 0 Å². The fourth-order valence-corrected chi connectivity index (χ4v) is 3.10. The summed E-state index contributed by atoms with van der Waals surface area (Å²) in [5.41, 5.74) is 1.10. The first-order valence-corrected chi connectivity index (χ1v) is 8.97. The number of nitrogens with one attached hydrogen (secondary N) is 1. The van der Waals surface area contributed by atoms with Gasteiger partial charge in [-0.25, -0.2) is 13.1 Å². The number of likely N-dealkylation sites (tertiary alicyclic amines) is 1. The topological polar surface area (TPSA) is 84.3 Å². The summed E-state index contributed by atoms with van der Waals surface area (Å²) >= 11 is 0. The van der Waals surface area contributed by atoms with E-state index in [1.807, 2.05) is 22.7 Å². The minimum atomic E-state index is -3.24. The molecule has 1 aromatic rings. The molecule has 1 aliphatic rings. The predicted octanol–water partition coefficient (Wildman–Crippen LogP) is 0.122. The van der Waals surface area contributed by atoms with Crippen LogP contribution in [-0.4, -0.2) is 54.4 Å². The van der Waals surface area contributed by atoms with Crippen LogP contribution in [0.5, 0.6) is 0 Å². The number of nitrogens with zero attached hydrogens (tertiary/aromatic N) is 3. The van der Waals surface area contributed by atoms with E-state index < -0.39 is 10.0 Å². The van der Waals surface area contributed by atoms with Crippen molar-refractivity contribution in [2.24, 2.45) is 0 Å². The minimum Gasteiger partial charge on any atom is -0.338 e. The van der Waals surface area contributed by atoms with Gasteiger partial charge in [-0.15, -0.1) is 0 Å². The van der Waals surface area contributed by atoms with Gasteiger partial charge in [0.2, 0.25) is 15.9 Å². The van der Waals surface area contributed by atoms with E-state index in [4.69, 9.17) is 0 Å². The van der Waals surface area contributed by atoms with E-state index in [0.717, 1.165) is 31.2 Å². The number of carbonyl (C=O) groups is 1. The number of hydrogen-bond acceptors (Lipinski definition) is 4. The Morgan fingerprint density at radius 3 is 2.90 bits per heavy atom. The summed E-state index contributed by atoms with van der Waals surface area (Å²) in [6, 6.07) is 0.148. The third kappa shape index (κ3) is 4.82. The molecule has 1 saturated heterocycles. The van der Waals surface area contributed by atoms with E-state index in [1.165, 1.54) is 0 Å². The second kappa shape index (κ2) is 6.57. The molecule has 0 bridgehead atoms. The standard InChI is InChI=1S/C13H22N4O3S/c1-11-8-14-16(9-11)10-12-4-3-7-17(12)13(18)5-6-15-21(2,19)20/h8-9,12,15H,3-7,10H2,1-2H3. The van der Waals surface area contributed by atoms with Crippen LogP contribution in [0, 0.1) is 6.92 Å². The predicted molar refractivity (Wildman–Crippen MR) is 79.2 cm³/mol. The van der Waals surface area contributed by atoms with Crippen LogP contribution >= 0.6 is 0 Å². The molecule has 0 saturated carbocycles. The van der Waals surface area contributed by atoms with Gasteiger partial charge < -0.3 is 4.90 Å². The van der Waals surface area contributed by atoms with Crippen molar-refractivity contribution in [2.45, 2.75) is 38.8 Å². The molecule has 1 N–H and O–H groups in total. The van der Waals surface area contributed by atoms with Crippen molar-refractivity contribution < 1.29 is 13.2 Å². The smallest absolute Gasteiger partial charge is 0.224 e. The monoisotopic (exact) mass is 314 g/mol. The Balaban J connectivity index is 1.87. The second-order valence-corrected chi connectivity index (χ2v) is 7.37. The van der Waals surface area contributed by atoms with Crippen molar-refractivity contribution in [3.63, 3.8) is 0 Å². The van der Waals surface area contributed by atoms with Crippen molar-refractivity contribution >= 4 is 15.9 Å². The van der Waals surface area contributed by atoms with Gasteiger partial charge in [0.1, 0.15) is 0 Å². The summed E-state index contributed by atoms with van der Waals surface area (Å²) in [5, 5.41) is 4.25. The maximum atomic E-state index is 12.2. The number of rotatable bonds is 6. The summed E-state index contributed by atoms with van der Waals surface area (Å²) in [5.74, 6) is -0.00229. The molecule has 21 heavy (non-hydrogen) atoms. The lowest BCUT2D eigenvalue weighted by molar-refractivity contribution is -0.132. The highest BCUT2D eigenvalue weighted by Crippen LogP contribution is 2.19. The highest BCUT2D eigenvalue weighted by molar-refractivity contribution is 7.88. The van der Waals surface area contributed by atoms with Crippen LogP contribution in [0.2, 0.25) is 0 Å². The number of hydrogen-bond donors (Lipinski definition) is 1. The molecule has 1 aromatic heterocycles. The van der Waals surface area contributed by atoms with E-state index in [0.29, 0.717) is 6.54 Å². The maximum absolute atomic E-state index is 12.2. The summed E-state index contributed by atoms with van der Waals surface area (Å²) in [6.45, 7) is 3.57. The number of sulfonamides is 1. The number of aromatic nitrogens is 2. The molecule has 7 nitrogen and oxygen atoms in total. The van der Waals surface area contributed by atoms with Crippen molar-refractivity contribution in [2.75, 3.05) is 19.3 Å². The van der Waals surface area contributed by atoms with E-state index in [1.54, 1.807) is 6.20 Å². The number of aryl methyl sites for hydroxylation is 1. The summed E-state index contributed by atoms with van der Waals surface area (Å²) in [6.07, 6.45) is 7.00. The Morgan fingerprint density at radius 2 is 2.29 bits per heavy atom. The van der Waals surface area contributed by atoms with Gasteiger partial charge in [-0.2, -0.15) is 5.10 Å². The molecule has 2 heterocycles. The van der Waals surface area contributed by atoms with Gasteiger partial charge in [-0.1, -0.05) is 0 Å². The number of carbonyl (C=O) groups excluding carboxylic acids is 1. The minimum absolute atomic E-state index is 0.00229. The Bertz CT molecular complexity index is 596. The van der Waals surface area contributed by atoms with Gasteiger partial charge in [0.15, 0.2) is 0 Å². The Hall–Kier alpha value is -1.41. The molecule has 118 valence electrons. The van der Waals surface area contributed by atoms with E-state index in [2.05, 4.69) is 9.82 Å². The lowest BCUT2D eigenvalue weighted by atomic mass is 10.2. The van der Waals surface area contributed by atoms with Crippen LogP contribution in [0.1, 0.15) is 24.8 Å². The first-order chi connectivity index (χ1) is 9.85. The quantitative estimate of drug-likeness (QED) is 0.808. The molecular formula is C13H22N4O3S. The Kier molecular flexibility index (Phi) is 5.00. The molecule has 1 amide bonds. The highest BCUT2D eigenvalue weighted by Gasteiger charge is 2.28. The SMILES string of the molecule is Cc1cnn(CC2CCCN2C(=O)CCNS(C)(=O)=O)c1. The van der Waals surface area contributed by atoms with E-state index in [9.17, 15) is 13.2 Å². The maximum Gasteiger partial charge on any atom is 0.224 e.